The Bertz CT molecular complexity index is 3590. The van der Waals surface area contributed by atoms with Crippen molar-refractivity contribution in [1.82, 2.24) is 21.3 Å². The first kappa shape index (κ1) is 77.8. The quantitative estimate of drug-likeness (QED) is 0.0654. The number of carbonyl (C=O) groups excluding carboxylic acids is 8. The summed E-state index contributed by atoms with van der Waals surface area (Å²) in [4.78, 5) is 117. The maximum Gasteiger partial charge on any atom is 0.295 e. The highest BCUT2D eigenvalue weighted by Crippen LogP contribution is 2.49. The number of amides is 4. The van der Waals surface area contributed by atoms with E-state index in [1.807, 2.05) is 13.8 Å². The van der Waals surface area contributed by atoms with Crippen molar-refractivity contribution in [1.29, 1.82) is 0 Å². The van der Waals surface area contributed by atoms with Crippen LogP contribution in [0.3, 0.4) is 0 Å². The zero-order valence-corrected chi connectivity index (χ0v) is 57.9. The molecule has 26 atom stereocenters. The normalized spacial score (nSPS) is 38.7. The van der Waals surface area contributed by atoms with Crippen LogP contribution >= 0.6 is 23.2 Å². The van der Waals surface area contributed by atoms with Crippen LogP contribution in [0.15, 0.2) is 81.9 Å². The number of halogens is 3. The lowest BCUT2D eigenvalue weighted by molar-refractivity contribution is -0.333. The summed E-state index contributed by atoms with van der Waals surface area (Å²) in [6.45, 7) is 5.72. The highest BCUT2D eigenvalue weighted by atomic mass is 35.5. The summed E-state index contributed by atoms with van der Waals surface area (Å²) in [5, 5.41) is 114. The van der Waals surface area contributed by atoms with Gasteiger partial charge in [-0.25, -0.2) is 4.39 Å². The van der Waals surface area contributed by atoms with Gasteiger partial charge in [-0.2, -0.15) is 0 Å². The van der Waals surface area contributed by atoms with E-state index in [4.69, 9.17) is 67.8 Å². The van der Waals surface area contributed by atoms with E-state index in [0.29, 0.717) is 0 Å². The molecule has 560 valence electrons. The standard InChI is InChI=1S/C69H89Cl2FN6O24/c1-26(2)12-39(75-5)66(95)77-55-43(84)16-32(19-50(73)86)64(93)76-54-31-17-47(61(48(18-31)99-46-11-8-30(57(55)88)15-38(46)71)102-68-62(60(91)58(89)49(24-79)100-68)101-51-23-69(4,74)63(92)27(3)97-51)98-45-10-7-29(14-37(45)70)56(87)36-22-41(82)33(20-44(54)85)28-6-9-40(81)34(13-28)52-35(21-42(83)53(72)59(52)90)67(96-25-80)78-65(36)94/h6-7,9-10,15,17-18,21,25-28,30,32-34,36-37,39-40,42,46,49,51,53-58,60,62-63,67-68,75,79,81,83,87-92H,8,11-14,16,19-20,22-24,74H2,1-5H3,(H2,73,86)(H,76,93)(H,77,95)(H,78,94)/t27-,28+,30?,32+,33-,34+,36+,37+,39-,40?,42+,46-,49+,51-,53+,54-,55?,56-,57-,58-,60+,62+,63-,67+,68?,69+/m1/s1. The molecular formula is C69H89Cl2FN6O24. The number of hydrogen-bond donors (Lipinski definition) is 15. The zero-order valence-electron chi connectivity index (χ0n) is 56.4. The third-order valence-corrected chi connectivity index (χ3v) is 21.4. The average Bonchev–Trinajstić information content (AvgIpc) is 0.765. The van der Waals surface area contributed by atoms with Gasteiger partial charge in [0.05, 0.1) is 65.4 Å². The molecule has 0 radical (unpaired) electrons. The molecule has 102 heavy (non-hydrogen) atoms. The minimum atomic E-state index is -2.55. The van der Waals surface area contributed by atoms with Gasteiger partial charge in [0.1, 0.15) is 59.9 Å². The number of alkyl halides is 2. The number of nitrogens with one attached hydrogen (secondary N) is 4. The summed E-state index contributed by atoms with van der Waals surface area (Å²) in [6, 6.07) is -2.47. The van der Waals surface area contributed by atoms with Crippen molar-refractivity contribution in [2.24, 2.45) is 52.9 Å². The Hall–Kier alpha value is -6.79. The average molecular weight is 1480 g/mol. The number of aliphatic hydroxyl groups excluding tert-OH is 9. The highest BCUT2D eigenvalue weighted by molar-refractivity contribution is 6.30. The van der Waals surface area contributed by atoms with Crippen molar-refractivity contribution >= 4 is 70.7 Å². The Balaban J connectivity index is 1.20. The smallest absolute Gasteiger partial charge is 0.295 e. The van der Waals surface area contributed by atoms with Gasteiger partial charge in [-0.1, -0.05) is 49.8 Å². The van der Waals surface area contributed by atoms with Gasteiger partial charge in [0.2, 0.25) is 41.9 Å². The first-order valence-corrected chi connectivity index (χ1v) is 34.8. The van der Waals surface area contributed by atoms with Gasteiger partial charge in [0.25, 0.3) is 6.47 Å². The molecule has 30 nitrogen and oxygen atoms in total. The topological polar surface area (TPSA) is 483 Å². The van der Waals surface area contributed by atoms with Gasteiger partial charge < -0.3 is 112 Å². The molecule has 0 aromatic heterocycles. The molecule has 3 fully saturated rings. The van der Waals surface area contributed by atoms with Crippen molar-refractivity contribution in [3.05, 3.63) is 87.4 Å². The molecule has 7 heterocycles. The Labute approximate surface area is 595 Å². The lowest BCUT2D eigenvalue weighted by Gasteiger charge is -2.47. The van der Waals surface area contributed by atoms with Gasteiger partial charge in [0.15, 0.2) is 41.6 Å². The van der Waals surface area contributed by atoms with Crippen LogP contribution in [0.1, 0.15) is 104 Å². The van der Waals surface area contributed by atoms with Crippen molar-refractivity contribution in [3.8, 4) is 17.2 Å². The van der Waals surface area contributed by atoms with E-state index in [-0.39, 0.29) is 66.4 Å². The van der Waals surface area contributed by atoms with Crippen molar-refractivity contribution in [2.75, 3.05) is 13.7 Å². The third kappa shape index (κ3) is 16.6. The van der Waals surface area contributed by atoms with Crippen molar-refractivity contribution < 1.29 is 122 Å². The summed E-state index contributed by atoms with van der Waals surface area (Å²) in [6.07, 6.45) is -23.3. The molecule has 0 spiro atoms. The fourth-order valence-corrected chi connectivity index (χ4v) is 15.6. The van der Waals surface area contributed by atoms with E-state index in [2.05, 4.69) is 21.3 Å². The number of fused-ring (bicyclic) bond motifs is 14. The van der Waals surface area contributed by atoms with Crippen LogP contribution in [0.2, 0.25) is 0 Å². The molecule has 1 aromatic carbocycles. The monoisotopic (exact) mass is 1470 g/mol. The van der Waals surface area contributed by atoms with Gasteiger partial charge in [0, 0.05) is 66.5 Å². The minimum absolute atomic E-state index is 0.00150. The second-order valence-corrected chi connectivity index (χ2v) is 29.4. The van der Waals surface area contributed by atoms with E-state index in [9.17, 15) is 60.3 Å². The van der Waals surface area contributed by atoms with Crippen LogP contribution < -0.4 is 46.9 Å². The molecule has 12 rings (SSSR count). The van der Waals surface area contributed by atoms with Gasteiger partial charge in [-0.3, -0.25) is 38.4 Å². The Morgan fingerprint density at radius 3 is 2.25 bits per heavy atom. The van der Waals surface area contributed by atoms with E-state index in [1.165, 1.54) is 63.4 Å². The summed E-state index contributed by atoms with van der Waals surface area (Å²) >= 11 is 14.5. The van der Waals surface area contributed by atoms with Crippen molar-refractivity contribution in [3.63, 3.8) is 0 Å². The molecule has 11 aliphatic rings. The molecule has 33 heteroatoms. The summed E-state index contributed by atoms with van der Waals surface area (Å²) in [7, 11) is 1.52. The first-order valence-electron chi connectivity index (χ1n) is 34.0. The van der Waals surface area contributed by atoms with E-state index < -0.39 is 271 Å². The number of carbonyl (C=O) groups is 8. The van der Waals surface area contributed by atoms with Crippen LogP contribution in [0.4, 0.5) is 4.39 Å². The number of likely N-dealkylation sites (N-methyl/N-ethyl adjacent to an activating group) is 1. The van der Waals surface area contributed by atoms with Gasteiger partial charge in [-0.15, -0.1) is 11.6 Å². The molecule has 17 N–H and O–H groups in total. The number of hydrogen-bond acceptors (Lipinski definition) is 26. The first-order chi connectivity index (χ1) is 48.2. The molecule has 4 aliphatic carbocycles. The van der Waals surface area contributed by atoms with Gasteiger partial charge in [-0.05, 0) is 100 Å². The lowest BCUT2D eigenvalue weighted by atomic mass is 9.68. The minimum Gasteiger partial charge on any atom is -0.509 e. The van der Waals surface area contributed by atoms with Crippen molar-refractivity contribution in [2.45, 2.75) is 213 Å². The zero-order chi connectivity index (χ0) is 74.2. The molecule has 4 unspecified atom stereocenters. The fourth-order valence-electron chi connectivity index (χ4n) is 15.0. The highest BCUT2D eigenvalue weighted by Gasteiger charge is 2.53. The molecule has 7 aliphatic heterocycles. The summed E-state index contributed by atoms with van der Waals surface area (Å²) < 4.78 is 60.3. The van der Waals surface area contributed by atoms with Crippen LogP contribution in [0.5, 0.6) is 17.2 Å². The Morgan fingerprint density at radius 1 is 0.873 bits per heavy atom. The summed E-state index contributed by atoms with van der Waals surface area (Å²) in [5.74, 6) is -19.2. The number of ether oxygens (including phenoxy) is 7. The number of allylic oxidation sites excluding steroid dienone is 4. The number of rotatable bonds is 14. The predicted molar refractivity (Wildman–Crippen MR) is 354 cm³/mol. The molecular weight excluding hydrogens is 1390 g/mol. The second kappa shape index (κ2) is 32.3. The maximum absolute atomic E-state index is 16.3. The molecule has 0 saturated carbocycles. The van der Waals surface area contributed by atoms with Crippen LogP contribution in [-0.2, 0) is 57.3 Å². The van der Waals surface area contributed by atoms with E-state index >= 15 is 28.4 Å². The molecule has 4 amide bonds. The summed E-state index contributed by atoms with van der Waals surface area (Å²) in [5.41, 5.74) is 9.85. The number of nitrogens with two attached hydrogens (primary N) is 2. The third-order valence-electron chi connectivity index (χ3n) is 20.6. The van der Waals surface area contributed by atoms with E-state index in [1.54, 1.807) is 0 Å². The SMILES string of the molecule is CN[C@H](CC(C)C)C(=O)NC1C(=O)C[C@@H](CC(N)=O)C(=O)N[C@H]2C(=O)C[C@H]3C(=O)C[C@H](C(=O)N[C@@H](OC=O)C4=C[C@H](O)[C@H](F)C(O)=C4[C@H]4C[C@@H]3C=CC4O)[C@H](O)C3=CC=C(Oc4cc2cc(c4OC2O[C@@H](CO)[C@@H](O)[C@H](O)[C@@H]2O[C@@H]2C[C@](C)(N)[C@H](O)[C@@H](C)O2)O[C@@H]2CCC(C=C2Cl)[C@H]1O)[C@@H](Cl)C3. The fraction of sp³-hybridized carbons (Fsp3) is 0.623. The van der Waals surface area contributed by atoms with Gasteiger partial charge >= 0.3 is 0 Å². The molecule has 1 aromatic rings. The predicted octanol–water partition coefficient (Wildman–Crippen LogP) is -0.157. The largest absolute Gasteiger partial charge is 0.509 e. The number of Topliss-reactive ketones (excluding diaryl/α,β-unsaturated/α-hetero) is 3. The number of benzene rings is 1. The second-order valence-electron chi connectivity index (χ2n) is 28.4. The molecule has 11 bridgehead atoms. The van der Waals surface area contributed by atoms with Crippen LogP contribution in [0, 0.1) is 41.4 Å². The molecule has 3 saturated heterocycles. The number of primary amides is 1. The maximum atomic E-state index is 16.3. The Morgan fingerprint density at radius 2 is 1.59 bits per heavy atom. The number of aliphatic hydroxyl groups is 9. The van der Waals surface area contributed by atoms with Crippen LogP contribution in [0.25, 0.3) is 0 Å². The van der Waals surface area contributed by atoms with Crippen LogP contribution in [-0.4, -0.2) is 222 Å². The Kier molecular flexibility index (Phi) is 24.6. The number of ketones is 3. The lowest BCUT2D eigenvalue weighted by Crippen LogP contribution is -2.64. The van der Waals surface area contributed by atoms with E-state index in [0.717, 1.165) is 6.08 Å².